The number of aryl methyl sites for hydroxylation is 1. The molecule has 4 rings (SSSR count). The van der Waals surface area contributed by atoms with Gasteiger partial charge in [-0.05, 0) is 54.4 Å². The number of rotatable bonds is 5. The summed E-state index contributed by atoms with van der Waals surface area (Å²) in [6.07, 6.45) is 2.40. The Morgan fingerprint density at radius 2 is 1.78 bits per heavy atom. The number of nitrogens with zero attached hydrogens (tertiary/aromatic N) is 2. The number of sulfonamides is 1. The van der Waals surface area contributed by atoms with E-state index in [0.717, 1.165) is 26.5 Å². The molecule has 0 aliphatic heterocycles. The van der Waals surface area contributed by atoms with Crippen molar-refractivity contribution in [3.63, 3.8) is 0 Å². The SMILES string of the molecule is CCc1ccccc1S(=O)(=O)Nc1ccc(-c2nc3cccnc3s2)cc1. The van der Waals surface area contributed by atoms with Gasteiger partial charge in [-0.15, -0.1) is 0 Å². The maximum atomic E-state index is 12.7. The maximum Gasteiger partial charge on any atom is 0.262 e. The Hall–Kier alpha value is -2.77. The van der Waals surface area contributed by atoms with E-state index in [0.29, 0.717) is 17.0 Å². The Balaban J connectivity index is 1.60. The average Bonchev–Trinajstić information content (AvgIpc) is 3.12. The van der Waals surface area contributed by atoms with Gasteiger partial charge in [-0.25, -0.2) is 18.4 Å². The summed E-state index contributed by atoms with van der Waals surface area (Å²) < 4.78 is 28.1. The first-order valence-electron chi connectivity index (χ1n) is 8.49. The molecule has 0 spiro atoms. The van der Waals surface area contributed by atoms with E-state index < -0.39 is 10.0 Å². The molecule has 5 nitrogen and oxygen atoms in total. The molecule has 2 heterocycles. The fourth-order valence-electron chi connectivity index (χ4n) is 2.84. The first-order valence-corrected chi connectivity index (χ1v) is 10.8. The monoisotopic (exact) mass is 395 g/mol. The van der Waals surface area contributed by atoms with Crippen molar-refractivity contribution in [2.45, 2.75) is 18.2 Å². The lowest BCUT2D eigenvalue weighted by molar-refractivity contribution is 0.600. The largest absolute Gasteiger partial charge is 0.280 e. The number of hydrogen-bond acceptors (Lipinski definition) is 5. The van der Waals surface area contributed by atoms with Crippen LogP contribution in [0.2, 0.25) is 0 Å². The van der Waals surface area contributed by atoms with Crippen LogP contribution >= 0.6 is 11.3 Å². The van der Waals surface area contributed by atoms with Crippen LogP contribution in [-0.4, -0.2) is 18.4 Å². The molecule has 4 aromatic rings. The predicted molar refractivity (Wildman–Crippen MR) is 109 cm³/mol. The van der Waals surface area contributed by atoms with Crippen molar-refractivity contribution >= 4 is 37.4 Å². The smallest absolute Gasteiger partial charge is 0.262 e. The van der Waals surface area contributed by atoms with Gasteiger partial charge in [0.1, 0.15) is 15.4 Å². The summed E-state index contributed by atoms with van der Waals surface area (Å²) in [4.78, 5) is 10.1. The molecule has 27 heavy (non-hydrogen) atoms. The molecule has 7 heteroatoms. The maximum absolute atomic E-state index is 12.7. The molecule has 0 aliphatic rings. The van der Waals surface area contributed by atoms with Crippen LogP contribution in [0.15, 0.2) is 71.8 Å². The number of nitrogens with one attached hydrogen (secondary N) is 1. The predicted octanol–water partition coefficient (Wildman–Crippen LogP) is 4.72. The van der Waals surface area contributed by atoms with Gasteiger partial charge in [0, 0.05) is 17.4 Å². The molecular formula is C20H17N3O2S2. The van der Waals surface area contributed by atoms with Gasteiger partial charge in [0.15, 0.2) is 0 Å². The Morgan fingerprint density at radius 1 is 1.00 bits per heavy atom. The van der Waals surface area contributed by atoms with Crippen molar-refractivity contribution in [2.24, 2.45) is 0 Å². The summed E-state index contributed by atoms with van der Waals surface area (Å²) in [6.45, 7) is 1.94. The van der Waals surface area contributed by atoms with E-state index >= 15 is 0 Å². The van der Waals surface area contributed by atoms with Crippen LogP contribution in [0.3, 0.4) is 0 Å². The minimum Gasteiger partial charge on any atom is -0.280 e. The molecule has 0 saturated carbocycles. The topological polar surface area (TPSA) is 72.0 Å². The van der Waals surface area contributed by atoms with Gasteiger partial charge in [0.2, 0.25) is 0 Å². The molecule has 0 atom stereocenters. The van der Waals surface area contributed by atoms with Crippen LogP contribution in [0.5, 0.6) is 0 Å². The third-order valence-electron chi connectivity index (χ3n) is 4.19. The van der Waals surface area contributed by atoms with Crippen molar-refractivity contribution in [3.05, 3.63) is 72.4 Å². The molecule has 2 aromatic heterocycles. The van der Waals surface area contributed by atoms with Crippen molar-refractivity contribution in [1.82, 2.24) is 9.97 Å². The van der Waals surface area contributed by atoms with E-state index in [2.05, 4.69) is 14.7 Å². The number of anilines is 1. The molecule has 2 aromatic carbocycles. The van der Waals surface area contributed by atoms with Crippen LogP contribution in [0.4, 0.5) is 5.69 Å². The van der Waals surface area contributed by atoms with E-state index in [1.54, 1.807) is 30.5 Å². The molecule has 0 amide bonds. The van der Waals surface area contributed by atoms with E-state index in [4.69, 9.17) is 0 Å². The third kappa shape index (κ3) is 3.56. The highest BCUT2D eigenvalue weighted by atomic mass is 32.2. The molecular weight excluding hydrogens is 378 g/mol. The summed E-state index contributed by atoms with van der Waals surface area (Å²) in [5, 5.41) is 0.856. The van der Waals surface area contributed by atoms with Gasteiger partial charge in [0.25, 0.3) is 10.0 Å². The van der Waals surface area contributed by atoms with Crippen molar-refractivity contribution in [3.8, 4) is 10.6 Å². The zero-order valence-electron chi connectivity index (χ0n) is 14.6. The van der Waals surface area contributed by atoms with Crippen LogP contribution in [0, 0.1) is 0 Å². The lowest BCUT2D eigenvalue weighted by atomic mass is 10.2. The molecule has 0 fully saturated rings. The fraction of sp³-hybridized carbons (Fsp3) is 0.100. The Labute approximate surface area is 161 Å². The Morgan fingerprint density at radius 3 is 2.52 bits per heavy atom. The van der Waals surface area contributed by atoms with E-state index in [9.17, 15) is 8.42 Å². The fourth-order valence-corrected chi connectivity index (χ4v) is 5.13. The van der Waals surface area contributed by atoms with Gasteiger partial charge in [-0.3, -0.25) is 4.72 Å². The minimum atomic E-state index is -3.63. The van der Waals surface area contributed by atoms with Crippen molar-refractivity contribution in [2.75, 3.05) is 4.72 Å². The molecule has 0 bridgehead atoms. The number of thiazole rings is 1. The third-order valence-corrected chi connectivity index (χ3v) is 6.70. The van der Waals surface area contributed by atoms with Gasteiger partial charge in [0.05, 0.1) is 4.90 Å². The summed E-state index contributed by atoms with van der Waals surface area (Å²) in [5.74, 6) is 0. The zero-order chi connectivity index (χ0) is 18.9. The highest BCUT2D eigenvalue weighted by Crippen LogP contribution is 2.30. The van der Waals surface area contributed by atoms with Crippen LogP contribution in [0.1, 0.15) is 12.5 Å². The van der Waals surface area contributed by atoms with Crippen LogP contribution in [-0.2, 0) is 16.4 Å². The Bertz CT molecular complexity index is 1170. The van der Waals surface area contributed by atoms with Crippen molar-refractivity contribution < 1.29 is 8.42 Å². The number of aromatic nitrogens is 2. The van der Waals surface area contributed by atoms with Crippen molar-refractivity contribution in [1.29, 1.82) is 0 Å². The Kier molecular flexibility index (Phi) is 4.63. The summed E-state index contributed by atoms with van der Waals surface area (Å²) >= 11 is 1.51. The zero-order valence-corrected chi connectivity index (χ0v) is 16.2. The van der Waals surface area contributed by atoms with E-state index in [1.807, 2.05) is 43.3 Å². The van der Waals surface area contributed by atoms with E-state index in [-0.39, 0.29) is 0 Å². The van der Waals surface area contributed by atoms with Gasteiger partial charge >= 0.3 is 0 Å². The number of pyridine rings is 1. The van der Waals surface area contributed by atoms with Gasteiger partial charge in [-0.1, -0.05) is 36.5 Å². The normalized spacial score (nSPS) is 11.6. The van der Waals surface area contributed by atoms with Crippen LogP contribution in [0.25, 0.3) is 20.9 Å². The minimum absolute atomic E-state index is 0.314. The lowest BCUT2D eigenvalue weighted by Gasteiger charge is -2.11. The highest BCUT2D eigenvalue weighted by molar-refractivity contribution is 7.92. The quantitative estimate of drug-likeness (QED) is 0.531. The number of hydrogen-bond donors (Lipinski definition) is 1. The van der Waals surface area contributed by atoms with Gasteiger partial charge < -0.3 is 0 Å². The lowest BCUT2D eigenvalue weighted by Crippen LogP contribution is -2.14. The molecule has 0 aliphatic carbocycles. The summed E-state index contributed by atoms with van der Waals surface area (Å²) in [6, 6.07) is 18.1. The molecule has 0 radical (unpaired) electrons. The highest BCUT2D eigenvalue weighted by Gasteiger charge is 2.17. The van der Waals surface area contributed by atoms with E-state index in [1.165, 1.54) is 11.3 Å². The molecule has 1 N–H and O–H groups in total. The standard InChI is InChI=1S/C20H17N3O2S2/c1-2-14-6-3-4-8-18(14)27(24,25)23-16-11-9-15(10-12-16)19-22-17-7-5-13-21-20(17)26-19/h3-13,23H,2H2,1H3. The van der Waals surface area contributed by atoms with Crippen LogP contribution < -0.4 is 4.72 Å². The summed E-state index contributed by atoms with van der Waals surface area (Å²) in [7, 11) is -3.63. The second-order valence-electron chi connectivity index (χ2n) is 5.99. The van der Waals surface area contributed by atoms with Gasteiger partial charge in [-0.2, -0.15) is 0 Å². The average molecular weight is 396 g/mol. The second kappa shape index (κ2) is 7.09. The number of fused-ring (bicyclic) bond motifs is 1. The molecule has 0 unspecified atom stereocenters. The first kappa shape index (κ1) is 17.6. The molecule has 0 saturated heterocycles. The second-order valence-corrected chi connectivity index (χ2v) is 8.62. The molecule has 136 valence electrons. The number of benzene rings is 2. The first-order chi connectivity index (χ1) is 13.1. The summed E-state index contributed by atoms with van der Waals surface area (Å²) in [5.41, 5.74) is 3.10.